The van der Waals surface area contributed by atoms with E-state index in [1.54, 1.807) is 0 Å². The van der Waals surface area contributed by atoms with Crippen LogP contribution >= 0.6 is 0 Å². The molecule has 0 saturated carbocycles. The molecule has 0 fully saturated rings. The number of aromatic nitrogens is 3. The molecule has 1 aromatic heterocycles. The van der Waals surface area contributed by atoms with E-state index in [-0.39, 0.29) is 12.1 Å². The molecule has 0 aliphatic carbocycles. The second kappa shape index (κ2) is 5.37. The average Bonchev–Trinajstić information content (AvgIpc) is 2.76. The zero-order valence-electron chi connectivity index (χ0n) is 12.9. The Bertz CT molecular complexity index is 609. The third kappa shape index (κ3) is 2.90. The Morgan fingerprint density at radius 3 is 2.35 bits per heavy atom. The van der Waals surface area contributed by atoms with Gasteiger partial charge in [-0.05, 0) is 45.7 Å². The van der Waals surface area contributed by atoms with Crippen molar-refractivity contribution < 1.29 is 5.11 Å². The van der Waals surface area contributed by atoms with Gasteiger partial charge in [0.2, 0.25) is 0 Å². The minimum Gasteiger partial charge on any atom is -0.388 e. The summed E-state index contributed by atoms with van der Waals surface area (Å²) in [5.74, 6) is 1.52. The molecule has 0 aliphatic heterocycles. The molecule has 0 unspecified atom stereocenters. The molecule has 1 aromatic carbocycles. The number of hydrogen-bond acceptors (Lipinski definition) is 3. The second-order valence-electron chi connectivity index (χ2n) is 6.30. The van der Waals surface area contributed by atoms with Crippen molar-refractivity contribution in [3.05, 3.63) is 46.5 Å². The van der Waals surface area contributed by atoms with Gasteiger partial charge in [-0.3, -0.25) is 0 Å². The first kappa shape index (κ1) is 14.7. The first-order valence-electron chi connectivity index (χ1n) is 6.93. The summed E-state index contributed by atoms with van der Waals surface area (Å²) in [6.45, 7) is 10.4. The summed E-state index contributed by atoms with van der Waals surface area (Å²) in [6, 6.07) is 6.44. The van der Waals surface area contributed by atoms with E-state index in [2.05, 4.69) is 63.0 Å². The largest absolute Gasteiger partial charge is 0.388 e. The molecule has 2 rings (SSSR count). The van der Waals surface area contributed by atoms with Crippen molar-refractivity contribution >= 4 is 0 Å². The fourth-order valence-corrected chi connectivity index (χ4v) is 2.51. The quantitative estimate of drug-likeness (QED) is 0.935. The van der Waals surface area contributed by atoms with E-state index in [0.29, 0.717) is 5.82 Å². The summed E-state index contributed by atoms with van der Waals surface area (Å²) in [4.78, 5) is 0. The number of nitrogens with zero attached hydrogens (tertiary/aromatic N) is 3. The van der Waals surface area contributed by atoms with E-state index >= 15 is 0 Å². The number of aliphatic hydroxyl groups excluding tert-OH is 1. The topological polar surface area (TPSA) is 50.9 Å². The summed E-state index contributed by atoms with van der Waals surface area (Å²) in [5.41, 5.74) is 3.61. The lowest BCUT2D eigenvalue weighted by Crippen LogP contribution is -2.26. The zero-order chi connectivity index (χ0) is 14.9. The van der Waals surface area contributed by atoms with Crippen molar-refractivity contribution in [3.63, 3.8) is 0 Å². The molecule has 2 aromatic rings. The fraction of sp³-hybridized carbons (Fsp3) is 0.500. The number of hydrogen-bond donors (Lipinski definition) is 1. The molecule has 20 heavy (non-hydrogen) atoms. The molecule has 0 saturated heterocycles. The molecule has 0 radical (unpaired) electrons. The van der Waals surface area contributed by atoms with Crippen molar-refractivity contribution in [2.75, 3.05) is 0 Å². The van der Waals surface area contributed by atoms with Gasteiger partial charge in [0, 0.05) is 12.0 Å². The van der Waals surface area contributed by atoms with Crippen molar-refractivity contribution in [3.8, 4) is 0 Å². The van der Waals surface area contributed by atoms with E-state index < -0.39 is 0 Å². The molecule has 1 N–H and O–H groups in total. The SMILES string of the molecule is Cc1ccc(C)c(Cc2nnc(CO)n2C(C)(C)C)c1. The first-order valence-corrected chi connectivity index (χ1v) is 6.93. The lowest BCUT2D eigenvalue weighted by Gasteiger charge is -2.24. The molecule has 4 heteroatoms. The number of rotatable bonds is 3. The van der Waals surface area contributed by atoms with Crippen LogP contribution < -0.4 is 0 Å². The van der Waals surface area contributed by atoms with Crippen LogP contribution in [0.25, 0.3) is 0 Å². The standard InChI is InChI=1S/C16H23N3O/c1-11-6-7-12(2)13(8-11)9-14-17-18-15(10-20)19(14)16(3,4)5/h6-8,20H,9-10H2,1-5H3. The molecule has 0 amide bonds. The van der Waals surface area contributed by atoms with E-state index in [0.717, 1.165) is 12.2 Å². The van der Waals surface area contributed by atoms with Gasteiger partial charge < -0.3 is 9.67 Å². The van der Waals surface area contributed by atoms with Crippen molar-refractivity contribution in [2.24, 2.45) is 0 Å². The maximum Gasteiger partial charge on any atom is 0.159 e. The van der Waals surface area contributed by atoms with Gasteiger partial charge in [-0.15, -0.1) is 10.2 Å². The van der Waals surface area contributed by atoms with Gasteiger partial charge >= 0.3 is 0 Å². The highest BCUT2D eigenvalue weighted by Gasteiger charge is 2.22. The zero-order valence-corrected chi connectivity index (χ0v) is 12.9. The van der Waals surface area contributed by atoms with Gasteiger partial charge in [0.25, 0.3) is 0 Å². The maximum absolute atomic E-state index is 9.44. The van der Waals surface area contributed by atoms with Crippen LogP contribution in [0.2, 0.25) is 0 Å². The third-order valence-corrected chi connectivity index (χ3v) is 3.46. The predicted octanol–water partition coefficient (Wildman–Crippen LogP) is 2.73. The Hall–Kier alpha value is -1.68. The molecule has 0 bridgehead atoms. The van der Waals surface area contributed by atoms with Crippen LogP contribution in [0.3, 0.4) is 0 Å². The summed E-state index contributed by atoms with van der Waals surface area (Å²) < 4.78 is 2.04. The Labute approximate surface area is 120 Å². The average molecular weight is 273 g/mol. The predicted molar refractivity (Wildman–Crippen MR) is 79.7 cm³/mol. The highest BCUT2D eigenvalue weighted by molar-refractivity contribution is 5.32. The Morgan fingerprint density at radius 1 is 1.10 bits per heavy atom. The summed E-state index contributed by atoms with van der Waals surface area (Å²) in [6.07, 6.45) is 0.734. The Balaban J connectivity index is 2.44. The highest BCUT2D eigenvalue weighted by atomic mass is 16.3. The smallest absolute Gasteiger partial charge is 0.159 e. The summed E-state index contributed by atoms with van der Waals surface area (Å²) >= 11 is 0. The van der Waals surface area contributed by atoms with Crippen LogP contribution in [0.1, 0.15) is 49.1 Å². The normalized spacial score (nSPS) is 11.9. The Morgan fingerprint density at radius 2 is 1.75 bits per heavy atom. The van der Waals surface area contributed by atoms with Crippen LogP contribution in [-0.4, -0.2) is 19.9 Å². The number of aliphatic hydroxyl groups is 1. The lowest BCUT2D eigenvalue weighted by molar-refractivity contribution is 0.248. The maximum atomic E-state index is 9.44. The summed E-state index contributed by atoms with van der Waals surface area (Å²) in [5, 5.41) is 17.8. The minimum atomic E-state index is -0.144. The van der Waals surface area contributed by atoms with Crippen LogP contribution in [-0.2, 0) is 18.6 Å². The van der Waals surface area contributed by atoms with E-state index in [1.165, 1.54) is 16.7 Å². The van der Waals surface area contributed by atoms with Gasteiger partial charge in [-0.1, -0.05) is 23.8 Å². The van der Waals surface area contributed by atoms with E-state index in [9.17, 15) is 5.11 Å². The molecular weight excluding hydrogens is 250 g/mol. The molecule has 0 atom stereocenters. The monoisotopic (exact) mass is 273 g/mol. The van der Waals surface area contributed by atoms with Crippen LogP contribution in [0, 0.1) is 13.8 Å². The van der Waals surface area contributed by atoms with Gasteiger partial charge in [0.05, 0.1) is 0 Å². The number of aryl methyl sites for hydroxylation is 2. The fourth-order valence-electron chi connectivity index (χ4n) is 2.51. The van der Waals surface area contributed by atoms with Crippen molar-refractivity contribution in [1.29, 1.82) is 0 Å². The summed E-state index contributed by atoms with van der Waals surface area (Å²) in [7, 11) is 0. The van der Waals surface area contributed by atoms with Gasteiger partial charge in [-0.2, -0.15) is 0 Å². The second-order valence-corrected chi connectivity index (χ2v) is 6.30. The van der Waals surface area contributed by atoms with Crippen molar-refractivity contribution in [1.82, 2.24) is 14.8 Å². The van der Waals surface area contributed by atoms with Crippen LogP contribution in [0.15, 0.2) is 18.2 Å². The molecule has 1 heterocycles. The minimum absolute atomic E-state index is 0.0862. The van der Waals surface area contributed by atoms with Gasteiger partial charge in [-0.25, -0.2) is 0 Å². The molecule has 4 nitrogen and oxygen atoms in total. The van der Waals surface area contributed by atoms with Gasteiger partial charge in [0.1, 0.15) is 12.4 Å². The first-order chi connectivity index (χ1) is 9.32. The van der Waals surface area contributed by atoms with E-state index in [1.807, 2.05) is 4.57 Å². The van der Waals surface area contributed by atoms with Crippen LogP contribution in [0.5, 0.6) is 0 Å². The van der Waals surface area contributed by atoms with Crippen LogP contribution in [0.4, 0.5) is 0 Å². The van der Waals surface area contributed by atoms with Gasteiger partial charge in [0.15, 0.2) is 5.82 Å². The molecule has 0 spiro atoms. The highest BCUT2D eigenvalue weighted by Crippen LogP contribution is 2.22. The molecule has 108 valence electrons. The third-order valence-electron chi connectivity index (χ3n) is 3.46. The number of benzene rings is 1. The molecule has 0 aliphatic rings. The Kier molecular flexibility index (Phi) is 3.95. The lowest BCUT2D eigenvalue weighted by atomic mass is 10.0. The van der Waals surface area contributed by atoms with E-state index in [4.69, 9.17) is 0 Å². The molecular formula is C16H23N3O. The van der Waals surface area contributed by atoms with Crippen molar-refractivity contribution in [2.45, 2.75) is 53.2 Å².